The summed E-state index contributed by atoms with van der Waals surface area (Å²) in [5.74, 6) is 0. The number of benzene rings is 1. The van der Waals surface area contributed by atoms with Gasteiger partial charge in [0.1, 0.15) is 0 Å². The molecule has 0 radical (unpaired) electrons. The van der Waals surface area contributed by atoms with Gasteiger partial charge in [-0.05, 0) is 37.2 Å². The van der Waals surface area contributed by atoms with Crippen LogP contribution in [0.15, 0.2) is 18.2 Å². The molecule has 0 amide bonds. The molecule has 5 heteroatoms. The highest BCUT2D eigenvalue weighted by Gasteiger charge is 2.33. The molecule has 1 aliphatic heterocycles. The van der Waals surface area contributed by atoms with Gasteiger partial charge in [-0.3, -0.25) is 0 Å². The zero-order valence-electron chi connectivity index (χ0n) is 9.64. The van der Waals surface area contributed by atoms with Crippen molar-refractivity contribution in [3.8, 4) is 0 Å². The van der Waals surface area contributed by atoms with Crippen LogP contribution in [0.25, 0.3) is 0 Å². The summed E-state index contributed by atoms with van der Waals surface area (Å²) in [6, 6.07) is 3.81. The zero-order valence-corrected chi connectivity index (χ0v) is 9.64. The number of halogens is 3. The van der Waals surface area contributed by atoms with Crippen LogP contribution in [-0.4, -0.2) is 13.7 Å². The molecule has 0 bridgehead atoms. The Morgan fingerprint density at radius 2 is 2.00 bits per heavy atom. The maximum atomic E-state index is 12.6. The van der Waals surface area contributed by atoms with Crippen molar-refractivity contribution in [3.63, 3.8) is 0 Å². The lowest BCUT2D eigenvalue weighted by Crippen LogP contribution is -2.28. The molecule has 1 N–H and O–H groups in total. The van der Waals surface area contributed by atoms with Crippen LogP contribution in [0, 0.1) is 0 Å². The molecule has 2 rings (SSSR count). The van der Waals surface area contributed by atoms with Crippen LogP contribution in [-0.2, 0) is 10.9 Å². The van der Waals surface area contributed by atoms with Gasteiger partial charge in [-0.25, -0.2) is 0 Å². The van der Waals surface area contributed by atoms with Gasteiger partial charge in [0.15, 0.2) is 0 Å². The minimum atomic E-state index is -4.30. The number of fused-ring (bicyclic) bond motifs is 1. The first-order valence-electron chi connectivity index (χ1n) is 5.43. The van der Waals surface area contributed by atoms with E-state index < -0.39 is 11.7 Å². The molecule has 2 atom stereocenters. The Morgan fingerprint density at radius 3 is 2.59 bits per heavy atom. The van der Waals surface area contributed by atoms with Crippen molar-refractivity contribution in [2.45, 2.75) is 25.2 Å². The van der Waals surface area contributed by atoms with E-state index in [1.807, 2.05) is 0 Å². The first-order valence-corrected chi connectivity index (χ1v) is 5.43. The second-order valence-corrected chi connectivity index (χ2v) is 4.16. The first-order chi connectivity index (χ1) is 7.93. The van der Waals surface area contributed by atoms with E-state index in [0.29, 0.717) is 12.2 Å². The Balaban J connectivity index is 2.46. The number of rotatable bonds is 1. The van der Waals surface area contributed by atoms with Crippen LogP contribution >= 0.6 is 0 Å². The topological polar surface area (TPSA) is 21.3 Å². The lowest BCUT2D eigenvalue weighted by molar-refractivity contribution is -0.137. The Labute approximate surface area is 97.8 Å². The summed E-state index contributed by atoms with van der Waals surface area (Å²) in [4.78, 5) is 0. The van der Waals surface area contributed by atoms with Crippen LogP contribution in [0.3, 0.4) is 0 Å². The van der Waals surface area contributed by atoms with E-state index in [9.17, 15) is 13.2 Å². The van der Waals surface area contributed by atoms with Crippen LogP contribution < -0.4 is 5.32 Å². The number of alkyl halides is 3. The molecule has 1 aliphatic rings. The molecule has 0 fully saturated rings. The van der Waals surface area contributed by atoms with E-state index in [1.54, 1.807) is 20.0 Å². The van der Waals surface area contributed by atoms with E-state index in [1.165, 1.54) is 6.07 Å². The highest BCUT2D eigenvalue weighted by Crippen LogP contribution is 2.37. The van der Waals surface area contributed by atoms with E-state index in [0.717, 1.165) is 11.6 Å². The van der Waals surface area contributed by atoms with Gasteiger partial charge in [-0.15, -0.1) is 0 Å². The zero-order chi connectivity index (χ0) is 12.6. The molecule has 1 aromatic carbocycles. The minimum absolute atomic E-state index is 0.0384. The van der Waals surface area contributed by atoms with Gasteiger partial charge >= 0.3 is 6.18 Å². The van der Waals surface area contributed by atoms with E-state index in [2.05, 4.69) is 5.32 Å². The standard InChI is InChI=1S/C12H14F3NO/c1-7-10-5-8(12(13,14)15)3-4-9(10)11(16-2)6-17-7/h3-5,7,11,16H,6H2,1-2H3/t7-,11+/m0/s1. The normalized spacial score (nSPS) is 24.5. The predicted molar refractivity (Wildman–Crippen MR) is 57.6 cm³/mol. The number of hydrogen-bond donors (Lipinski definition) is 1. The molecule has 1 aromatic rings. The summed E-state index contributed by atoms with van der Waals surface area (Å²) in [7, 11) is 1.77. The molecule has 0 saturated heterocycles. The average Bonchev–Trinajstić information content (AvgIpc) is 2.28. The highest BCUT2D eigenvalue weighted by atomic mass is 19.4. The van der Waals surface area contributed by atoms with Crippen molar-refractivity contribution in [1.82, 2.24) is 5.32 Å². The van der Waals surface area contributed by atoms with E-state index in [4.69, 9.17) is 4.74 Å². The third kappa shape index (κ3) is 2.30. The third-order valence-electron chi connectivity index (χ3n) is 3.09. The molecule has 17 heavy (non-hydrogen) atoms. The highest BCUT2D eigenvalue weighted by molar-refractivity contribution is 5.38. The molecule has 0 aliphatic carbocycles. The van der Waals surface area contributed by atoms with Crippen molar-refractivity contribution in [3.05, 3.63) is 34.9 Å². The molecular formula is C12H14F3NO. The second-order valence-electron chi connectivity index (χ2n) is 4.16. The molecule has 94 valence electrons. The number of hydrogen-bond acceptors (Lipinski definition) is 2. The average molecular weight is 245 g/mol. The monoisotopic (exact) mass is 245 g/mol. The summed E-state index contributed by atoms with van der Waals surface area (Å²) in [5.41, 5.74) is 0.883. The molecular weight excluding hydrogens is 231 g/mol. The van der Waals surface area contributed by atoms with Gasteiger partial charge in [0.05, 0.1) is 24.3 Å². The molecule has 1 heterocycles. The van der Waals surface area contributed by atoms with Gasteiger partial charge in [0.2, 0.25) is 0 Å². The minimum Gasteiger partial charge on any atom is -0.372 e. The van der Waals surface area contributed by atoms with Gasteiger partial charge in [-0.1, -0.05) is 6.07 Å². The number of nitrogens with one attached hydrogen (secondary N) is 1. The molecule has 0 aromatic heterocycles. The molecule has 0 spiro atoms. The van der Waals surface area contributed by atoms with Crippen molar-refractivity contribution in [2.24, 2.45) is 0 Å². The summed E-state index contributed by atoms with van der Waals surface area (Å²) in [6.45, 7) is 2.25. The van der Waals surface area contributed by atoms with Gasteiger partial charge in [0, 0.05) is 0 Å². The Kier molecular flexibility index (Phi) is 3.14. The van der Waals surface area contributed by atoms with Crippen LogP contribution in [0.4, 0.5) is 13.2 Å². The fraction of sp³-hybridized carbons (Fsp3) is 0.500. The van der Waals surface area contributed by atoms with Crippen molar-refractivity contribution in [2.75, 3.05) is 13.7 Å². The lowest BCUT2D eigenvalue weighted by Gasteiger charge is -2.30. The summed E-state index contributed by atoms with van der Waals surface area (Å²) in [6.07, 6.45) is -4.60. The number of likely N-dealkylation sites (N-methyl/N-ethyl adjacent to an activating group) is 1. The fourth-order valence-electron chi connectivity index (χ4n) is 2.08. The maximum absolute atomic E-state index is 12.6. The SMILES string of the molecule is CN[C@@H]1CO[C@@H](C)c2cc(C(F)(F)F)ccc21. The van der Waals surface area contributed by atoms with Gasteiger partial charge in [0.25, 0.3) is 0 Å². The Morgan fingerprint density at radius 1 is 1.29 bits per heavy atom. The molecule has 0 saturated carbocycles. The van der Waals surface area contributed by atoms with E-state index >= 15 is 0 Å². The molecule has 2 nitrogen and oxygen atoms in total. The largest absolute Gasteiger partial charge is 0.416 e. The Bertz CT molecular complexity index is 417. The van der Waals surface area contributed by atoms with Crippen LogP contribution in [0.5, 0.6) is 0 Å². The predicted octanol–water partition coefficient (Wildman–Crippen LogP) is 3.06. The maximum Gasteiger partial charge on any atom is 0.416 e. The lowest BCUT2D eigenvalue weighted by atomic mass is 9.93. The Hall–Kier alpha value is -1.07. The van der Waals surface area contributed by atoms with Crippen molar-refractivity contribution in [1.29, 1.82) is 0 Å². The summed E-state index contributed by atoms with van der Waals surface area (Å²) in [5, 5.41) is 3.03. The smallest absolute Gasteiger partial charge is 0.372 e. The molecule has 0 unspecified atom stereocenters. The summed E-state index contributed by atoms with van der Waals surface area (Å²) >= 11 is 0. The third-order valence-corrected chi connectivity index (χ3v) is 3.09. The quantitative estimate of drug-likeness (QED) is 0.821. The van der Waals surface area contributed by atoms with Crippen molar-refractivity contribution < 1.29 is 17.9 Å². The van der Waals surface area contributed by atoms with E-state index in [-0.39, 0.29) is 12.1 Å². The van der Waals surface area contributed by atoms with Gasteiger partial charge in [-0.2, -0.15) is 13.2 Å². The number of ether oxygens (including phenoxy) is 1. The van der Waals surface area contributed by atoms with Crippen molar-refractivity contribution >= 4 is 0 Å². The van der Waals surface area contributed by atoms with Crippen LogP contribution in [0.1, 0.15) is 35.8 Å². The fourth-order valence-corrected chi connectivity index (χ4v) is 2.08. The second kappa shape index (κ2) is 4.31. The van der Waals surface area contributed by atoms with Crippen LogP contribution in [0.2, 0.25) is 0 Å². The summed E-state index contributed by atoms with van der Waals surface area (Å²) < 4.78 is 43.3. The first kappa shape index (κ1) is 12.4. The van der Waals surface area contributed by atoms with Gasteiger partial charge < -0.3 is 10.1 Å².